The molecule has 1 atom stereocenters. The van der Waals surface area contributed by atoms with Crippen molar-refractivity contribution in [2.75, 3.05) is 6.61 Å². The smallest absolute Gasteiger partial charge is 0.408 e. The summed E-state index contributed by atoms with van der Waals surface area (Å²) in [5.74, 6) is 0. The summed E-state index contributed by atoms with van der Waals surface area (Å²) in [6.07, 6.45) is 2.56. The molecule has 0 spiro atoms. The molecule has 1 aromatic carbocycles. The van der Waals surface area contributed by atoms with E-state index in [-0.39, 0.29) is 11.7 Å². The monoisotopic (exact) mass is 388 g/mol. The first kappa shape index (κ1) is 20.9. The highest BCUT2D eigenvalue weighted by Crippen LogP contribution is 2.19. The Morgan fingerprint density at radius 2 is 1.78 bits per heavy atom. The molecule has 0 radical (unpaired) electrons. The van der Waals surface area contributed by atoms with Crippen LogP contribution < -0.4 is 5.32 Å². The van der Waals surface area contributed by atoms with Crippen LogP contribution >= 0.6 is 11.8 Å². The van der Waals surface area contributed by atoms with Crippen molar-refractivity contribution in [3.8, 4) is 0 Å². The lowest BCUT2D eigenvalue weighted by Crippen LogP contribution is -2.45. The van der Waals surface area contributed by atoms with Crippen molar-refractivity contribution in [2.45, 2.75) is 43.9 Å². The summed E-state index contributed by atoms with van der Waals surface area (Å²) in [7, 11) is 0. The van der Waals surface area contributed by atoms with Crippen molar-refractivity contribution >= 4 is 23.0 Å². The van der Waals surface area contributed by atoms with Gasteiger partial charge in [0.2, 0.25) is 5.12 Å². The van der Waals surface area contributed by atoms with E-state index in [2.05, 4.69) is 10.3 Å². The largest absolute Gasteiger partial charge is 0.444 e. The van der Waals surface area contributed by atoms with Gasteiger partial charge in [-0.1, -0.05) is 30.3 Å². The number of rotatable bonds is 7. The summed E-state index contributed by atoms with van der Waals surface area (Å²) < 4.78 is 10.9. The van der Waals surface area contributed by atoms with Gasteiger partial charge in [0.1, 0.15) is 11.6 Å². The van der Waals surface area contributed by atoms with E-state index in [1.807, 2.05) is 30.3 Å². The van der Waals surface area contributed by atoms with E-state index in [1.165, 1.54) is 0 Å². The summed E-state index contributed by atoms with van der Waals surface area (Å²) >= 11 is 1.03. The van der Waals surface area contributed by atoms with Crippen LogP contribution in [0.5, 0.6) is 0 Å². The third-order valence-corrected chi connectivity index (χ3v) is 4.23. The van der Waals surface area contributed by atoms with E-state index >= 15 is 0 Å². The van der Waals surface area contributed by atoms with E-state index in [4.69, 9.17) is 9.47 Å². The summed E-state index contributed by atoms with van der Waals surface area (Å²) in [6, 6.07) is 12.3. The van der Waals surface area contributed by atoms with Crippen molar-refractivity contribution in [1.29, 1.82) is 0 Å². The number of pyridine rings is 1. The minimum Gasteiger partial charge on any atom is -0.444 e. The highest BCUT2D eigenvalue weighted by Gasteiger charge is 2.25. The minimum absolute atomic E-state index is 0.0467. The Balaban J connectivity index is 1.98. The van der Waals surface area contributed by atoms with E-state index in [0.717, 1.165) is 22.2 Å². The average Bonchev–Trinajstić information content (AvgIpc) is 2.61. The number of carbonyl (C=O) groups excluding carboxylic acids is 2. The van der Waals surface area contributed by atoms with Gasteiger partial charge in [-0.3, -0.25) is 9.78 Å². The normalized spacial score (nSPS) is 12.3. The molecule has 0 bridgehead atoms. The third kappa shape index (κ3) is 8.23. The fraction of sp³-hybridized carbons (Fsp3) is 0.350. The molecule has 0 aliphatic rings. The van der Waals surface area contributed by atoms with Crippen LogP contribution in [0.4, 0.5) is 4.79 Å². The number of carbonyl (C=O) groups is 2. The summed E-state index contributed by atoms with van der Waals surface area (Å²) in [4.78, 5) is 29.4. The molecule has 0 aliphatic heterocycles. The lowest BCUT2D eigenvalue weighted by molar-refractivity contribution is -0.114. The molecule has 1 N–H and O–H groups in total. The molecule has 2 aromatic rings. The molecule has 0 fully saturated rings. The van der Waals surface area contributed by atoms with E-state index < -0.39 is 17.7 Å². The molecular formula is C20H24N2O4S. The molecule has 27 heavy (non-hydrogen) atoms. The van der Waals surface area contributed by atoms with E-state index in [9.17, 15) is 9.59 Å². The second-order valence-electron chi connectivity index (χ2n) is 6.80. The number of aromatic nitrogens is 1. The molecule has 0 aliphatic carbocycles. The van der Waals surface area contributed by atoms with Gasteiger partial charge in [0.05, 0.1) is 13.2 Å². The molecule has 6 nitrogen and oxygen atoms in total. The van der Waals surface area contributed by atoms with Gasteiger partial charge in [-0.15, -0.1) is 0 Å². The Kier molecular flexibility index (Phi) is 7.82. The van der Waals surface area contributed by atoms with Gasteiger partial charge in [-0.2, -0.15) is 0 Å². The Morgan fingerprint density at radius 1 is 1.11 bits per heavy atom. The summed E-state index contributed by atoms with van der Waals surface area (Å²) in [5.41, 5.74) is 0.337. The van der Waals surface area contributed by atoms with Crippen LogP contribution in [0.2, 0.25) is 0 Å². The SMILES string of the molecule is CC(C)(C)OC(=O)NC(COCc1ccccc1)C(=O)Sc1ccncc1. The highest BCUT2D eigenvalue weighted by molar-refractivity contribution is 8.13. The van der Waals surface area contributed by atoms with Gasteiger partial charge >= 0.3 is 6.09 Å². The van der Waals surface area contributed by atoms with Crippen molar-refractivity contribution in [3.63, 3.8) is 0 Å². The van der Waals surface area contributed by atoms with Gasteiger partial charge in [0.15, 0.2) is 0 Å². The minimum atomic E-state index is -0.832. The number of thioether (sulfide) groups is 1. The zero-order chi connectivity index (χ0) is 19.7. The first-order chi connectivity index (χ1) is 12.8. The van der Waals surface area contributed by atoms with Gasteiger partial charge in [0, 0.05) is 17.3 Å². The Hall–Kier alpha value is -2.38. The maximum absolute atomic E-state index is 12.6. The van der Waals surface area contributed by atoms with Crippen LogP contribution in [0.15, 0.2) is 59.8 Å². The predicted molar refractivity (Wildman–Crippen MR) is 104 cm³/mol. The number of amides is 1. The average molecular weight is 388 g/mol. The number of nitrogens with one attached hydrogen (secondary N) is 1. The Labute approximate surface area is 163 Å². The maximum Gasteiger partial charge on any atom is 0.408 e. The van der Waals surface area contributed by atoms with Crippen molar-refractivity contribution in [2.24, 2.45) is 0 Å². The number of alkyl carbamates (subject to hydrolysis) is 1. The standard InChI is InChI=1S/C20H24N2O4S/c1-20(2,3)26-19(24)22-17(14-25-13-15-7-5-4-6-8-15)18(23)27-16-9-11-21-12-10-16/h4-12,17H,13-14H2,1-3H3,(H,22,24). The second-order valence-corrected chi connectivity index (χ2v) is 7.88. The molecule has 1 aromatic heterocycles. The lowest BCUT2D eigenvalue weighted by atomic mass is 10.2. The zero-order valence-electron chi connectivity index (χ0n) is 15.7. The van der Waals surface area contributed by atoms with E-state index in [0.29, 0.717) is 6.61 Å². The molecule has 7 heteroatoms. The molecule has 0 saturated heterocycles. The number of nitrogens with zero attached hydrogens (tertiary/aromatic N) is 1. The predicted octanol–water partition coefficient (Wildman–Crippen LogP) is 3.81. The van der Waals surface area contributed by atoms with Crippen LogP contribution in [0.1, 0.15) is 26.3 Å². The first-order valence-corrected chi connectivity index (χ1v) is 9.38. The van der Waals surface area contributed by atoms with Crippen molar-refractivity contribution in [1.82, 2.24) is 10.3 Å². The van der Waals surface area contributed by atoms with Gasteiger partial charge < -0.3 is 14.8 Å². The molecule has 0 saturated carbocycles. The topological polar surface area (TPSA) is 77.5 Å². The number of hydrogen-bond acceptors (Lipinski definition) is 6. The molecule has 2 rings (SSSR count). The fourth-order valence-electron chi connectivity index (χ4n) is 2.08. The fourth-order valence-corrected chi connectivity index (χ4v) is 2.84. The second kappa shape index (κ2) is 10.1. The number of ether oxygens (including phenoxy) is 2. The van der Waals surface area contributed by atoms with Crippen LogP contribution in [0.25, 0.3) is 0 Å². The first-order valence-electron chi connectivity index (χ1n) is 8.56. The summed E-state index contributed by atoms with van der Waals surface area (Å²) in [5, 5.41) is 2.37. The maximum atomic E-state index is 12.6. The summed E-state index contributed by atoms with van der Waals surface area (Å²) in [6.45, 7) is 5.69. The Morgan fingerprint density at radius 3 is 2.41 bits per heavy atom. The van der Waals surface area contributed by atoms with E-state index in [1.54, 1.807) is 45.3 Å². The molecule has 1 heterocycles. The lowest BCUT2D eigenvalue weighted by Gasteiger charge is -2.23. The van der Waals surface area contributed by atoms with Crippen molar-refractivity contribution in [3.05, 3.63) is 60.4 Å². The quantitative estimate of drug-likeness (QED) is 0.727. The molecule has 144 valence electrons. The van der Waals surface area contributed by atoms with Crippen LogP contribution in [0, 0.1) is 0 Å². The van der Waals surface area contributed by atoms with Gasteiger partial charge in [0.25, 0.3) is 0 Å². The Bertz CT molecular complexity index is 733. The molecule has 1 unspecified atom stereocenters. The molecular weight excluding hydrogens is 364 g/mol. The van der Waals surface area contributed by atoms with Crippen molar-refractivity contribution < 1.29 is 19.1 Å². The van der Waals surface area contributed by atoms with Crippen LogP contribution in [0.3, 0.4) is 0 Å². The zero-order valence-corrected chi connectivity index (χ0v) is 16.5. The van der Waals surface area contributed by atoms with Gasteiger partial charge in [-0.05, 0) is 50.2 Å². The third-order valence-electron chi connectivity index (χ3n) is 3.24. The van der Waals surface area contributed by atoms with Crippen LogP contribution in [-0.2, 0) is 20.9 Å². The number of hydrogen-bond donors (Lipinski definition) is 1. The van der Waals surface area contributed by atoms with Crippen LogP contribution in [-0.4, -0.2) is 34.4 Å². The number of benzene rings is 1. The highest BCUT2D eigenvalue weighted by atomic mass is 32.2. The molecule has 1 amide bonds. The van der Waals surface area contributed by atoms with Gasteiger partial charge in [-0.25, -0.2) is 4.79 Å².